The third kappa shape index (κ3) is 2.54. The third-order valence-electron chi connectivity index (χ3n) is 2.87. The van der Waals surface area contributed by atoms with Crippen molar-refractivity contribution in [1.29, 1.82) is 0 Å². The summed E-state index contributed by atoms with van der Waals surface area (Å²) in [5.41, 5.74) is 0.129. The lowest BCUT2D eigenvalue weighted by Gasteiger charge is -2.32. The molecular weight excluding hydrogens is 263 g/mol. The van der Waals surface area contributed by atoms with E-state index in [0.29, 0.717) is 0 Å². The van der Waals surface area contributed by atoms with Gasteiger partial charge in [0, 0.05) is 33.2 Å². The van der Waals surface area contributed by atoms with Gasteiger partial charge in [-0.3, -0.25) is 0 Å². The largest absolute Gasteiger partial charge is 0.504 e. The maximum Gasteiger partial charge on any atom is 0.504 e. The monoisotopic (exact) mass is 278 g/mol. The summed E-state index contributed by atoms with van der Waals surface area (Å²) in [4.78, 5) is 2.60. The van der Waals surface area contributed by atoms with E-state index in [1.165, 1.54) is 9.75 Å². The van der Waals surface area contributed by atoms with Gasteiger partial charge in [0.1, 0.15) is 0 Å². The van der Waals surface area contributed by atoms with Crippen molar-refractivity contribution in [2.45, 2.75) is 13.8 Å². The summed E-state index contributed by atoms with van der Waals surface area (Å²) in [6.07, 6.45) is 0. The first kappa shape index (κ1) is 12.4. The van der Waals surface area contributed by atoms with Crippen molar-refractivity contribution in [1.82, 2.24) is 0 Å². The Morgan fingerprint density at radius 3 is 2.56 bits per heavy atom. The van der Waals surface area contributed by atoms with Gasteiger partial charge in [0.05, 0.1) is 0 Å². The van der Waals surface area contributed by atoms with Gasteiger partial charge in [-0.05, 0) is 17.5 Å². The highest BCUT2D eigenvalue weighted by molar-refractivity contribution is 7.27. The number of hydrogen-bond acceptors (Lipinski definition) is 4. The molecule has 0 unspecified atom stereocenters. The first-order valence-corrected chi connectivity index (χ1v) is 7.70. The second-order valence-corrected chi connectivity index (χ2v) is 7.36. The van der Waals surface area contributed by atoms with Crippen LogP contribution < -0.4 is 4.78 Å². The van der Waals surface area contributed by atoms with Crippen LogP contribution in [0.4, 0.5) is 0 Å². The lowest BCUT2D eigenvalue weighted by molar-refractivity contribution is 0.0346. The summed E-state index contributed by atoms with van der Waals surface area (Å²) in [5.74, 6) is 0. The molecule has 5 heteroatoms. The molecule has 0 amide bonds. The van der Waals surface area contributed by atoms with Gasteiger partial charge in [-0.1, -0.05) is 26.0 Å². The molecule has 0 aromatic carbocycles. The van der Waals surface area contributed by atoms with Gasteiger partial charge in [-0.2, -0.15) is 0 Å². The molecule has 1 saturated heterocycles. The van der Waals surface area contributed by atoms with Gasteiger partial charge < -0.3 is 9.31 Å². The molecule has 0 atom stereocenters. The van der Waals surface area contributed by atoms with E-state index in [-0.39, 0.29) is 12.5 Å². The van der Waals surface area contributed by atoms with E-state index in [9.17, 15) is 0 Å². The molecule has 0 aliphatic carbocycles. The fraction of sp³-hybridized carbons (Fsp3) is 0.385. The number of hydrogen-bond donors (Lipinski definition) is 0. The van der Waals surface area contributed by atoms with Crippen molar-refractivity contribution >= 4 is 34.6 Å². The van der Waals surface area contributed by atoms with E-state index in [0.717, 1.165) is 18.0 Å². The Balaban J connectivity index is 1.75. The van der Waals surface area contributed by atoms with Gasteiger partial charge in [0.2, 0.25) is 0 Å². The zero-order chi connectivity index (χ0) is 12.6. The SMILES string of the molecule is CC1(C)COB(c2ccc(-c3cccs3)s2)OC1. The number of thiophene rings is 2. The van der Waals surface area contributed by atoms with Gasteiger partial charge in [-0.25, -0.2) is 0 Å². The van der Waals surface area contributed by atoms with Crippen molar-refractivity contribution < 1.29 is 9.31 Å². The molecule has 0 radical (unpaired) electrons. The molecule has 0 spiro atoms. The third-order valence-corrected chi connectivity index (χ3v) is 5.05. The van der Waals surface area contributed by atoms with Crippen LogP contribution >= 0.6 is 22.7 Å². The van der Waals surface area contributed by atoms with Crippen molar-refractivity contribution in [3.05, 3.63) is 29.6 Å². The highest BCUT2D eigenvalue weighted by Gasteiger charge is 2.34. The van der Waals surface area contributed by atoms with Crippen molar-refractivity contribution in [2.24, 2.45) is 5.41 Å². The zero-order valence-electron chi connectivity index (χ0n) is 10.5. The highest BCUT2D eigenvalue weighted by Crippen LogP contribution is 2.29. The summed E-state index contributed by atoms with van der Waals surface area (Å²) in [6, 6.07) is 8.49. The van der Waals surface area contributed by atoms with E-state index in [2.05, 4.69) is 43.5 Å². The molecule has 0 bridgehead atoms. The Morgan fingerprint density at radius 2 is 1.89 bits per heavy atom. The van der Waals surface area contributed by atoms with E-state index >= 15 is 0 Å². The lowest BCUT2D eigenvalue weighted by Crippen LogP contribution is -2.46. The topological polar surface area (TPSA) is 18.5 Å². The van der Waals surface area contributed by atoms with Crippen LogP contribution in [0.3, 0.4) is 0 Å². The van der Waals surface area contributed by atoms with Gasteiger partial charge in [0.15, 0.2) is 0 Å². The summed E-state index contributed by atoms with van der Waals surface area (Å²) in [6.45, 7) is 5.83. The molecule has 3 heterocycles. The Kier molecular flexibility index (Phi) is 3.32. The quantitative estimate of drug-likeness (QED) is 0.785. The van der Waals surface area contributed by atoms with Crippen LogP contribution in [0.1, 0.15) is 13.8 Å². The van der Waals surface area contributed by atoms with Crippen LogP contribution in [-0.4, -0.2) is 20.3 Å². The van der Waals surface area contributed by atoms with Crippen LogP contribution in [0.15, 0.2) is 29.6 Å². The number of rotatable bonds is 2. The van der Waals surface area contributed by atoms with Crippen LogP contribution in [0.25, 0.3) is 9.75 Å². The van der Waals surface area contributed by atoms with Crippen LogP contribution in [0, 0.1) is 5.41 Å². The van der Waals surface area contributed by atoms with Crippen molar-refractivity contribution in [3.8, 4) is 9.75 Å². The van der Waals surface area contributed by atoms with Gasteiger partial charge >= 0.3 is 7.12 Å². The minimum atomic E-state index is -0.184. The molecule has 0 N–H and O–H groups in total. The summed E-state index contributed by atoms with van der Waals surface area (Å²) < 4.78 is 12.8. The minimum absolute atomic E-state index is 0.129. The van der Waals surface area contributed by atoms with Gasteiger partial charge in [0.25, 0.3) is 0 Å². The normalized spacial score (nSPS) is 19.1. The fourth-order valence-electron chi connectivity index (χ4n) is 1.89. The zero-order valence-corrected chi connectivity index (χ0v) is 12.1. The molecular formula is C13H15BO2S2. The summed E-state index contributed by atoms with van der Waals surface area (Å²) >= 11 is 3.52. The molecule has 2 nitrogen and oxygen atoms in total. The second kappa shape index (κ2) is 4.81. The molecule has 1 aliphatic heterocycles. The van der Waals surface area contributed by atoms with E-state index in [4.69, 9.17) is 9.31 Å². The van der Waals surface area contributed by atoms with Crippen molar-refractivity contribution in [2.75, 3.05) is 13.2 Å². The summed E-state index contributed by atoms with van der Waals surface area (Å²) in [5, 5.41) is 2.10. The standard InChI is InChI=1S/C13H15BO2S2/c1-13(2)8-15-14(16-9-13)12-6-5-11(18-12)10-4-3-7-17-10/h3-7H,8-9H2,1-2H3. The Morgan fingerprint density at radius 1 is 1.11 bits per heavy atom. The maximum atomic E-state index is 5.80. The Hall–Kier alpha value is -0.615. The smallest absolute Gasteiger partial charge is 0.406 e. The van der Waals surface area contributed by atoms with Gasteiger partial charge in [-0.15, -0.1) is 22.7 Å². The molecule has 2 aromatic rings. The summed E-state index contributed by atoms with van der Waals surface area (Å²) in [7, 11) is -0.184. The first-order chi connectivity index (χ1) is 8.64. The lowest BCUT2D eigenvalue weighted by atomic mass is 9.82. The molecule has 3 rings (SSSR count). The average molecular weight is 278 g/mol. The average Bonchev–Trinajstić information content (AvgIpc) is 2.99. The molecule has 0 saturated carbocycles. The van der Waals surface area contributed by atoms with Crippen LogP contribution in [0.5, 0.6) is 0 Å². The predicted octanol–water partition coefficient (Wildman–Crippen LogP) is 3.24. The van der Waals surface area contributed by atoms with E-state index in [1.807, 2.05) is 0 Å². The highest BCUT2D eigenvalue weighted by atomic mass is 32.1. The Bertz CT molecular complexity index is 509. The van der Waals surface area contributed by atoms with Crippen LogP contribution in [-0.2, 0) is 9.31 Å². The molecule has 2 aromatic heterocycles. The first-order valence-electron chi connectivity index (χ1n) is 6.01. The maximum absolute atomic E-state index is 5.80. The fourth-order valence-corrected chi connectivity index (χ4v) is 3.73. The Labute approximate surface area is 116 Å². The molecule has 94 valence electrons. The molecule has 1 fully saturated rings. The second-order valence-electron chi connectivity index (χ2n) is 5.30. The minimum Gasteiger partial charge on any atom is -0.406 e. The van der Waals surface area contributed by atoms with Crippen molar-refractivity contribution in [3.63, 3.8) is 0 Å². The van der Waals surface area contributed by atoms with E-state index in [1.54, 1.807) is 22.7 Å². The predicted molar refractivity (Wildman–Crippen MR) is 78.7 cm³/mol. The molecule has 1 aliphatic rings. The van der Waals surface area contributed by atoms with E-state index < -0.39 is 0 Å². The van der Waals surface area contributed by atoms with Crippen LogP contribution in [0.2, 0.25) is 0 Å². The molecule has 18 heavy (non-hydrogen) atoms.